The van der Waals surface area contributed by atoms with Gasteiger partial charge in [-0.15, -0.1) is 0 Å². The molecule has 21 heavy (non-hydrogen) atoms. The van der Waals surface area contributed by atoms with Crippen molar-refractivity contribution in [2.45, 2.75) is 6.10 Å². The number of carboxylic acids is 1. The second kappa shape index (κ2) is 5.63. The molecule has 2 aromatic carbocycles. The van der Waals surface area contributed by atoms with Gasteiger partial charge < -0.3 is 9.84 Å². The predicted octanol–water partition coefficient (Wildman–Crippen LogP) is 3.44. The van der Waals surface area contributed by atoms with Gasteiger partial charge in [-0.3, -0.25) is 0 Å². The molecule has 104 valence electrons. The first kappa shape index (κ1) is 13.1. The van der Waals surface area contributed by atoms with Gasteiger partial charge in [0.05, 0.1) is 5.52 Å². The third kappa shape index (κ3) is 2.84. The Bertz CT molecular complexity index is 771. The number of hydrogen-bond acceptors (Lipinski definition) is 3. The Morgan fingerprint density at radius 2 is 1.67 bits per heavy atom. The SMILES string of the molecule is O=C(O)[C@H](Oc1ccc2ccccc2n1)c1ccccc1. The van der Waals surface area contributed by atoms with Crippen LogP contribution in [0.5, 0.6) is 5.88 Å². The average molecular weight is 279 g/mol. The van der Waals surface area contributed by atoms with Crippen LogP contribution in [0.15, 0.2) is 66.7 Å². The summed E-state index contributed by atoms with van der Waals surface area (Å²) >= 11 is 0. The van der Waals surface area contributed by atoms with Gasteiger partial charge in [0, 0.05) is 17.0 Å². The van der Waals surface area contributed by atoms with Gasteiger partial charge in [-0.05, 0) is 12.1 Å². The molecule has 1 N–H and O–H groups in total. The Hall–Kier alpha value is -2.88. The molecule has 1 heterocycles. The van der Waals surface area contributed by atoms with Crippen molar-refractivity contribution in [3.8, 4) is 5.88 Å². The number of rotatable bonds is 4. The molecule has 0 saturated carbocycles. The maximum absolute atomic E-state index is 11.4. The largest absolute Gasteiger partial charge is 0.478 e. The first-order valence-electron chi connectivity index (χ1n) is 6.54. The van der Waals surface area contributed by atoms with Crippen LogP contribution in [0.4, 0.5) is 0 Å². The lowest BCUT2D eigenvalue weighted by Crippen LogP contribution is -2.18. The van der Waals surface area contributed by atoms with E-state index in [-0.39, 0.29) is 0 Å². The molecule has 0 fully saturated rings. The highest BCUT2D eigenvalue weighted by atomic mass is 16.5. The fraction of sp³-hybridized carbons (Fsp3) is 0.0588. The summed E-state index contributed by atoms with van der Waals surface area (Å²) in [5.74, 6) is -0.749. The van der Waals surface area contributed by atoms with Crippen LogP contribution >= 0.6 is 0 Å². The van der Waals surface area contributed by atoms with Crippen molar-refractivity contribution >= 4 is 16.9 Å². The number of aromatic nitrogens is 1. The number of carbonyl (C=O) groups is 1. The maximum Gasteiger partial charge on any atom is 0.349 e. The molecule has 0 spiro atoms. The Morgan fingerprint density at radius 1 is 0.952 bits per heavy atom. The number of fused-ring (bicyclic) bond motifs is 1. The fourth-order valence-electron chi connectivity index (χ4n) is 2.12. The number of aliphatic carboxylic acids is 1. The molecule has 4 heteroatoms. The van der Waals surface area contributed by atoms with Crippen LogP contribution in [0, 0.1) is 0 Å². The monoisotopic (exact) mass is 279 g/mol. The summed E-state index contributed by atoms with van der Waals surface area (Å²) in [4.78, 5) is 15.8. The van der Waals surface area contributed by atoms with Crippen LogP contribution in [0.1, 0.15) is 11.7 Å². The molecule has 0 saturated heterocycles. The van der Waals surface area contributed by atoms with E-state index in [0.717, 1.165) is 10.9 Å². The Morgan fingerprint density at radius 3 is 2.43 bits per heavy atom. The van der Waals surface area contributed by atoms with Gasteiger partial charge >= 0.3 is 5.97 Å². The topological polar surface area (TPSA) is 59.4 Å². The second-order valence-electron chi connectivity index (χ2n) is 4.59. The standard InChI is InChI=1S/C17H13NO3/c19-17(20)16(13-7-2-1-3-8-13)21-15-11-10-12-6-4-5-9-14(12)18-15/h1-11,16H,(H,19,20)/t16-/m1/s1. The van der Waals surface area contributed by atoms with Gasteiger partial charge in [0.2, 0.25) is 12.0 Å². The summed E-state index contributed by atoms with van der Waals surface area (Å²) in [7, 11) is 0. The van der Waals surface area contributed by atoms with E-state index in [9.17, 15) is 9.90 Å². The van der Waals surface area contributed by atoms with Crippen LogP contribution in [-0.2, 0) is 4.79 Å². The van der Waals surface area contributed by atoms with Crippen molar-refractivity contribution in [3.05, 3.63) is 72.3 Å². The molecular weight excluding hydrogens is 266 g/mol. The Kier molecular flexibility index (Phi) is 3.51. The number of pyridine rings is 1. The molecule has 3 aromatic rings. The molecular formula is C17H13NO3. The van der Waals surface area contributed by atoms with Crippen molar-refractivity contribution in [1.82, 2.24) is 4.98 Å². The third-order valence-corrected chi connectivity index (χ3v) is 3.14. The number of ether oxygens (including phenoxy) is 1. The number of para-hydroxylation sites is 1. The zero-order valence-electron chi connectivity index (χ0n) is 11.1. The van der Waals surface area contributed by atoms with Crippen molar-refractivity contribution in [3.63, 3.8) is 0 Å². The summed E-state index contributed by atoms with van der Waals surface area (Å²) < 4.78 is 5.56. The van der Waals surface area contributed by atoms with Gasteiger partial charge in [0.1, 0.15) is 0 Å². The van der Waals surface area contributed by atoms with E-state index in [4.69, 9.17) is 4.74 Å². The molecule has 1 aromatic heterocycles. The molecule has 0 aliphatic heterocycles. The van der Waals surface area contributed by atoms with E-state index in [1.807, 2.05) is 36.4 Å². The summed E-state index contributed by atoms with van der Waals surface area (Å²) in [6.45, 7) is 0. The van der Waals surface area contributed by atoms with Gasteiger partial charge in [-0.2, -0.15) is 0 Å². The first-order chi connectivity index (χ1) is 10.2. The second-order valence-corrected chi connectivity index (χ2v) is 4.59. The van der Waals surface area contributed by atoms with Crippen molar-refractivity contribution < 1.29 is 14.6 Å². The third-order valence-electron chi connectivity index (χ3n) is 3.14. The average Bonchev–Trinajstić information content (AvgIpc) is 2.53. The van der Waals surface area contributed by atoms with Crippen LogP contribution in [0.3, 0.4) is 0 Å². The molecule has 0 amide bonds. The van der Waals surface area contributed by atoms with Gasteiger partial charge in [0.25, 0.3) is 0 Å². The van der Waals surface area contributed by atoms with E-state index in [1.54, 1.807) is 30.3 Å². The van der Waals surface area contributed by atoms with Crippen molar-refractivity contribution in [1.29, 1.82) is 0 Å². The predicted molar refractivity (Wildman–Crippen MR) is 79.2 cm³/mol. The molecule has 0 unspecified atom stereocenters. The molecule has 0 bridgehead atoms. The first-order valence-corrected chi connectivity index (χ1v) is 6.54. The van der Waals surface area contributed by atoms with Gasteiger partial charge in [-0.25, -0.2) is 9.78 Å². The molecule has 3 rings (SSSR count). The Balaban J connectivity index is 1.93. The summed E-state index contributed by atoms with van der Waals surface area (Å²) in [5.41, 5.74) is 1.35. The lowest BCUT2D eigenvalue weighted by Gasteiger charge is -2.14. The van der Waals surface area contributed by atoms with E-state index >= 15 is 0 Å². The summed E-state index contributed by atoms with van der Waals surface area (Å²) in [5, 5.41) is 10.3. The Labute approximate surface area is 121 Å². The van der Waals surface area contributed by atoms with Gasteiger partial charge in [-0.1, -0.05) is 48.5 Å². The van der Waals surface area contributed by atoms with E-state index < -0.39 is 12.1 Å². The van der Waals surface area contributed by atoms with Crippen molar-refractivity contribution in [2.75, 3.05) is 0 Å². The fourth-order valence-corrected chi connectivity index (χ4v) is 2.12. The smallest absolute Gasteiger partial charge is 0.349 e. The minimum atomic E-state index is -1.07. The maximum atomic E-state index is 11.4. The molecule has 0 aliphatic rings. The molecule has 4 nitrogen and oxygen atoms in total. The summed E-state index contributed by atoms with van der Waals surface area (Å²) in [6.07, 6.45) is -1.07. The van der Waals surface area contributed by atoms with Crippen LogP contribution < -0.4 is 4.74 Å². The molecule has 0 radical (unpaired) electrons. The lowest BCUT2D eigenvalue weighted by atomic mass is 10.1. The number of benzene rings is 2. The molecule has 0 aliphatic carbocycles. The van der Waals surface area contributed by atoms with Crippen LogP contribution in [-0.4, -0.2) is 16.1 Å². The van der Waals surface area contributed by atoms with E-state index in [1.165, 1.54) is 0 Å². The zero-order valence-corrected chi connectivity index (χ0v) is 11.1. The van der Waals surface area contributed by atoms with Crippen LogP contribution in [0.2, 0.25) is 0 Å². The van der Waals surface area contributed by atoms with Gasteiger partial charge in [0.15, 0.2) is 0 Å². The lowest BCUT2D eigenvalue weighted by molar-refractivity contribution is -0.145. The highest BCUT2D eigenvalue weighted by molar-refractivity contribution is 5.79. The van der Waals surface area contributed by atoms with E-state index in [2.05, 4.69) is 4.98 Å². The zero-order chi connectivity index (χ0) is 14.7. The normalized spacial score (nSPS) is 12.0. The van der Waals surface area contributed by atoms with Crippen LogP contribution in [0.25, 0.3) is 10.9 Å². The highest BCUT2D eigenvalue weighted by Gasteiger charge is 2.22. The van der Waals surface area contributed by atoms with Crippen molar-refractivity contribution in [2.24, 2.45) is 0 Å². The number of nitrogens with zero attached hydrogens (tertiary/aromatic N) is 1. The minimum absolute atomic E-state index is 0.296. The highest BCUT2D eigenvalue weighted by Crippen LogP contribution is 2.23. The minimum Gasteiger partial charge on any atom is -0.478 e. The quantitative estimate of drug-likeness (QED) is 0.794. The van der Waals surface area contributed by atoms with E-state index in [0.29, 0.717) is 11.4 Å². The summed E-state index contributed by atoms with van der Waals surface area (Å²) in [6, 6.07) is 20.0. The number of carboxylic acid groups (broad SMARTS) is 1. The number of hydrogen-bond donors (Lipinski definition) is 1. The molecule has 1 atom stereocenters.